The second kappa shape index (κ2) is 6.00. The van der Waals surface area contributed by atoms with Gasteiger partial charge in [-0.2, -0.15) is 0 Å². The quantitative estimate of drug-likeness (QED) is 0.516. The summed E-state index contributed by atoms with van der Waals surface area (Å²) in [4.78, 5) is 11.6. The molecular weight excluding hydrogens is 208 g/mol. The van der Waals surface area contributed by atoms with Crippen molar-refractivity contribution in [3.8, 4) is 0 Å². The van der Waals surface area contributed by atoms with Gasteiger partial charge in [0, 0.05) is 5.92 Å². The van der Waals surface area contributed by atoms with Crippen LogP contribution >= 0.6 is 0 Å². The molecule has 0 saturated heterocycles. The standard InChI is InChI=1S/C16H24O/c1-5-6-9-14(17)10-11-15-13(2)8-7-12-16(15,3)4/h6,8-11,15H,5,7,12H2,1-4H3/b9-6+,11-10+. The number of carbonyl (C=O) groups excluding carboxylic acids is 1. The van der Waals surface area contributed by atoms with E-state index in [-0.39, 0.29) is 11.2 Å². The minimum atomic E-state index is 0.0982. The summed E-state index contributed by atoms with van der Waals surface area (Å²) < 4.78 is 0. The maximum atomic E-state index is 11.6. The fraction of sp³-hybridized carbons (Fsp3) is 0.562. The normalized spacial score (nSPS) is 24.2. The van der Waals surface area contributed by atoms with E-state index in [4.69, 9.17) is 0 Å². The monoisotopic (exact) mass is 232 g/mol. The molecule has 0 bridgehead atoms. The van der Waals surface area contributed by atoms with Gasteiger partial charge in [-0.3, -0.25) is 4.79 Å². The predicted molar refractivity (Wildman–Crippen MR) is 73.8 cm³/mol. The molecule has 0 radical (unpaired) electrons. The Morgan fingerprint density at radius 3 is 2.76 bits per heavy atom. The Balaban J connectivity index is 2.75. The molecule has 0 aromatic heterocycles. The Morgan fingerprint density at radius 1 is 1.47 bits per heavy atom. The first-order chi connectivity index (χ1) is 7.97. The summed E-state index contributed by atoms with van der Waals surface area (Å²) in [6.07, 6.45) is 12.9. The van der Waals surface area contributed by atoms with Crippen molar-refractivity contribution in [1.29, 1.82) is 0 Å². The number of allylic oxidation sites excluding steroid dienone is 6. The summed E-state index contributed by atoms with van der Waals surface area (Å²) in [6.45, 7) is 8.77. The SMILES string of the molecule is CC/C=C/C(=O)/C=C/C1C(C)=CCCC1(C)C. The van der Waals surface area contributed by atoms with Crippen LogP contribution in [0.2, 0.25) is 0 Å². The number of carbonyl (C=O) groups is 1. The molecule has 0 N–H and O–H groups in total. The molecule has 0 spiro atoms. The summed E-state index contributed by atoms with van der Waals surface area (Å²) in [5.41, 5.74) is 1.66. The van der Waals surface area contributed by atoms with E-state index in [9.17, 15) is 4.79 Å². The second-order valence-corrected chi connectivity index (χ2v) is 5.53. The van der Waals surface area contributed by atoms with Crippen molar-refractivity contribution < 1.29 is 4.79 Å². The molecule has 0 saturated carbocycles. The number of rotatable bonds is 4. The molecule has 0 aromatic rings. The zero-order valence-corrected chi connectivity index (χ0v) is 11.5. The van der Waals surface area contributed by atoms with Crippen molar-refractivity contribution in [3.63, 3.8) is 0 Å². The molecular formula is C16H24O. The average molecular weight is 232 g/mol. The molecule has 1 rings (SSSR count). The Bertz CT molecular complexity index is 356. The van der Waals surface area contributed by atoms with Gasteiger partial charge in [0.05, 0.1) is 0 Å². The third-order valence-electron chi connectivity index (χ3n) is 3.56. The molecule has 0 heterocycles. The highest BCUT2D eigenvalue weighted by Crippen LogP contribution is 2.41. The fourth-order valence-electron chi connectivity index (χ4n) is 2.46. The van der Waals surface area contributed by atoms with Crippen molar-refractivity contribution in [2.75, 3.05) is 0 Å². The van der Waals surface area contributed by atoms with Gasteiger partial charge in [0.1, 0.15) is 0 Å². The lowest BCUT2D eigenvalue weighted by Gasteiger charge is -2.36. The maximum absolute atomic E-state index is 11.6. The molecule has 0 aromatic carbocycles. The largest absolute Gasteiger partial charge is 0.290 e. The zero-order chi connectivity index (χ0) is 12.9. The highest BCUT2D eigenvalue weighted by atomic mass is 16.1. The number of hydrogen-bond acceptors (Lipinski definition) is 1. The van der Waals surface area contributed by atoms with Gasteiger partial charge in [-0.25, -0.2) is 0 Å². The van der Waals surface area contributed by atoms with Crippen molar-refractivity contribution in [2.24, 2.45) is 11.3 Å². The van der Waals surface area contributed by atoms with Gasteiger partial charge in [-0.05, 0) is 43.8 Å². The average Bonchev–Trinajstić information content (AvgIpc) is 2.24. The molecule has 0 aliphatic heterocycles. The van der Waals surface area contributed by atoms with Crippen LogP contribution in [0.5, 0.6) is 0 Å². The predicted octanol–water partition coefficient (Wildman–Crippen LogP) is 4.46. The van der Waals surface area contributed by atoms with E-state index in [2.05, 4.69) is 32.9 Å². The van der Waals surface area contributed by atoms with Crippen molar-refractivity contribution >= 4 is 5.78 Å². The summed E-state index contributed by atoms with van der Waals surface area (Å²) in [5, 5.41) is 0. The van der Waals surface area contributed by atoms with E-state index >= 15 is 0 Å². The lowest BCUT2D eigenvalue weighted by molar-refractivity contribution is -0.110. The van der Waals surface area contributed by atoms with E-state index in [1.54, 1.807) is 12.2 Å². The number of hydrogen-bond donors (Lipinski definition) is 0. The van der Waals surface area contributed by atoms with E-state index < -0.39 is 0 Å². The molecule has 94 valence electrons. The molecule has 1 heteroatoms. The van der Waals surface area contributed by atoms with Gasteiger partial charge >= 0.3 is 0 Å². The van der Waals surface area contributed by atoms with Crippen molar-refractivity contribution in [2.45, 2.75) is 47.0 Å². The second-order valence-electron chi connectivity index (χ2n) is 5.53. The molecule has 1 unspecified atom stereocenters. The van der Waals surface area contributed by atoms with Crippen molar-refractivity contribution in [3.05, 3.63) is 36.0 Å². The van der Waals surface area contributed by atoms with E-state index in [1.807, 2.05) is 13.0 Å². The van der Waals surface area contributed by atoms with Crippen LogP contribution in [0.1, 0.15) is 47.0 Å². The van der Waals surface area contributed by atoms with Crippen LogP contribution in [0.25, 0.3) is 0 Å². The van der Waals surface area contributed by atoms with Crippen molar-refractivity contribution in [1.82, 2.24) is 0 Å². The summed E-state index contributed by atoms with van der Waals surface area (Å²) in [6, 6.07) is 0. The van der Waals surface area contributed by atoms with Crippen LogP contribution in [0.3, 0.4) is 0 Å². The molecule has 1 nitrogen and oxygen atoms in total. The van der Waals surface area contributed by atoms with E-state index in [1.165, 1.54) is 12.0 Å². The summed E-state index contributed by atoms with van der Waals surface area (Å²) in [5.74, 6) is 0.497. The van der Waals surface area contributed by atoms with Crippen LogP contribution in [0.4, 0.5) is 0 Å². The topological polar surface area (TPSA) is 17.1 Å². The molecule has 17 heavy (non-hydrogen) atoms. The van der Waals surface area contributed by atoms with Crippen LogP contribution < -0.4 is 0 Å². The number of ketones is 1. The molecule has 0 amide bonds. The minimum absolute atomic E-state index is 0.0982. The van der Waals surface area contributed by atoms with Crippen LogP contribution in [-0.2, 0) is 4.79 Å². The van der Waals surface area contributed by atoms with Crippen LogP contribution in [0.15, 0.2) is 36.0 Å². The summed E-state index contributed by atoms with van der Waals surface area (Å²) in [7, 11) is 0. The van der Waals surface area contributed by atoms with Gasteiger partial charge in [0.15, 0.2) is 5.78 Å². The lowest BCUT2D eigenvalue weighted by Crippen LogP contribution is -2.26. The smallest absolute Gasteiger partial charge is 0.178 e. The zero-order valence-electron chi connectivity index (χ0n) is 11.5. The third kappa shape index (κ3) is 3.99. The highest BCUT2D eigenvalue weighted by Gasteiger charge is 2.30. The minimum Gasteiger partial charge on any atom is -0.290 e. The fourth-order valence-corrected chi connectivity index (χ4v) is 2.46. The summed E-state index contributed by atoms with van der Waals surface area (Å²) >= 11 is 0. The van der Waals surface area contributed by atoms with E-state index in [0.717, 1.165) is 12.8 Å². The molecule has 1 atom stereocenters. The lowest BCUT2D eigenvalue weighted by atomic mass is 9.68. The van der Waals surface area contributed by atoms with Gasteiger partial charge < -0.3 is 0 Å². The van der Waals surface area contributed by atoms with Crippen LogP contribution in [-0.4, -0.2) is 5.78 Å². The Hall–Kier alpha value is -1.11. The first kappa shape index (κ1) is 14.0. The molecule has 1 aliphatic rings. The van der Waals surface area contributed by atoms with Gasteiger partial charge in [0.25, 0.3) is 0 Å². The Kier molecular flexibility index (Phi) is 4.92. The molecule has 1 aliphatic carbocycles. The Morgan fingerprint density at radius 2 is 2.18 bits per heavy atom. The maximum Gasteiger partial charge on any atom is 0.178 e. The Labute approximate surface area is 105 Å². The molecule has 0 fully saturated rings. The van der Waals surface area contributed by atoms with Gasteiger partial charge in [-0.15, -0.1) is 0 Å². The van der Waals surface area contributed by atoms with Gasteiger partial charge in [-0.1, -0.05) is 44.6 Å². The highest BCUT2D eigenvalue weighted by molar-refractivity contribution is 5.99. The van der Waals surface area contributed by atoms with E-state index in [0.29, 0.717) is 5.92 Å². The first-order valence-electron chi connectivity index (χ1n) is 6.52. The third-order valence-corrected chi connectivity index (χ3v) is 3.56. The van der Waals surface area contributed by atoms with Gasteiger partial charge in [0.2, 0.25) is 0 Å². The van der Waals surface area contributed by atoms with Crippen LogP contribution in [0, 0.1) is 11.3 Å². The first-order valence-corrected chi connectivity index (χ1v) is 6.52.